The third-order valence-corrected chi connectivity index (χ3v) is 9.53. The monoisotopic (exact) mass is 649 g/mol. The number of hydrogen-bond donors (Lipinski definition) is 1. The van der Waals surface area contributed by atoms with E-state index in [9.17, 15) is 18.0 Å². The second-order valence-electron chi connectivity index (χ2n) is 11.2. The van der Waals surface area contributed by atoms with E-state index in [0.717, 1.165) is 21.0 Å². The highest BCUT2D eigenvalue weighted by Crippen LogP contribution is 2.29. The predicted molar refractivity (Wildman–Crippen MR) is 176 cm³/mol. The molecular formula is C35H37ClFN3O4S. The van der Waals surface area contributed by atoms with Crippen molar-refractivity contribution in [3.8, 4) is 0 Å². The smallest absolute Gasteiger partial charge is 0.264 e. The average molecular weight is 650 g/mol. The summed E-state index contributed by atoms with van der Waals surface area (Å²) >= 11 is 6.42. The number of hydrogen-bond acceptors (Lipinski definition) is 4. The minimum atomic E-state index is -4.28. The van der Waals surface area contributed by atoms with E-state index in [1.165, 1.54) is 41.3 Å². The van der Waals surface area contributed by atoms with Gasteiger partial charge in [0.2, 0.25) is 11.8 Å². The van der Waals surface area contributed by atoms with E-state index in [0.29, 0.717) is 5.02 Å². The van der Waals surface area contributed by atoms with Crippen molar-refractivity contribution >= 4 is 39.1 Å². The fourth-order valence-electron chi connectivity index (χ4n) is 4.85. The first-order valence-corrected chi connectivity index (χ1v) is 16.4. The van der Waals surface area contributed by atoms with Gasteiger partial charge in [0.25, 0.3) is 10.0 Å². The Hall–Kier alpha value is -4.21. The van der Waals surface area contributed by atoms with Crippen molar-refractivity contribution < 1.29 is 22.4 Å². The Balaban J connectivity index is 1.83. The Kier molecular flexibility index (Phi) is 11.0. The van der Waals surface area contributed by atoms with Crippen LogP contribution >= 0.6 is 11.6 Å². The molecule has 1 N–H and O–H groups in total. The number of sulfonamides is 1. The molecule has 4 rings (SSSR count). The maximum atomic E-state index is 15.0. The second kappa shape index (κ2) is 14.7. The van der Waals surface area contributed by atoms with E-state index in [-0.39, 0.29) is 35.2 Å². The first kappa shape index (κ1) is 33.7. The number of nitrogens with zero attached hydrogens (tertiary/aromatic N) is 2. The van der Waals surface area contributed by atoms with Crippen LogP contribution in [-0.4, -0.2) is 43.8 Å². The highest BCUT2D eigenvalue weighted by Gasteiger charge is 2.35. The number of rotatable bonds is 12. The summed E-state index contributed by atoms with van der Waals surface area (Å²) in [5.74, 6) is -1.68. The summed E-state index contributed by atoms with van der Waals surface area (Å²) in [5.41, 5.74) is 2.74. The Morgan fingerprint density at radius 3 is 2.16 bits per heavy atom. The van der Waals surface area contributed by atoms with Crippen LogP contribution in [0.25, 0.3) is 0 Å². The van der Waals surface area contributed by atoms with Crippen molar-refractivity contribution in [2.75, 3.05) is 10.8 Å². The number of halogens is 2. The fraction of sp³-hybridized carbons (Fsp3) is 0.257. The first-order chi connectivity index (χ1) is 21.4. The standard InChI is InChI=1S/C35H37ClFN3O4S/c1-24(2)38-35(42)33(20-27-10-6-5-7-11-27)39(22-28-12-8-9-13-32(28)37)34(41)23-40(29-17-16-26(4)31(36)21-29)45(43,44)30-18-14-25(3)15-19-30/h5-19,21,24,33H,20,22-23H2,1-4H3,(H,38,42)/t33-/m1/s1. The molecule has 10 heteroatoms. The van der Waals surface area contributed by atoms with Crippen molar-refractivity contribution in [1.82, 2.24) is 10.2 Å². The maximum Gasteiger partial charge on any atom is 0.264 e. The van der Waals surface area contributed by atoms with Crippen LogP contribution in [0.2, 0.25) is 5.02 Å². The lowest BCUT2D eigenvalue weighted by Crippen LogP contribution is -2.54. The van der Waals surface area contributed by atoms with Crippen molar-refractivity contribution in [3.05, 3.63) is 130 Å². The molecule has 45 heavy (non-hydrogen) atoms. The van der Waals surface area contributed by atoms with Gasteiger partial charge in [-0.25, -0.2) is 12.8 Å². The Labute approximate surface area is 269 Å². The SMILES string of the molecule is Cc1ccc(S(=O)(=O)N(CC(=O)N(Cc2ccccc2F)[C@H](Cc2ccccc2)C(=O)NC(C)C)c2ccc(C)c(Cl)c2)cc1. The third-order valence-electron chi connectivity index (χ3n) is 7.33. The number of amides is 2. The van der Waals surface area contributed by atoms with Crippen LogP contribution in [0.1, 0.15) is 36.1 Å². The summed E-state index contributed by atoms with van der Waals surface area (Å²) in [6.07, 6.45) is 0.126. The number of carbonyl (C=O) groups is 2. The van der Waals surface area contributed by atoms with Crippen molar-refractivity contribution in [1.29, 1.82) is 0 Å². The summed E-state index contributed by atoms with van der Waals surface area (Å²) in [6, 6.07) is 24.9. The minimum absolute atomic E-state index is 0.0170. The zero-order chi connectivity index (χ0) is 32.7. The van der Waals surface area contributed by atoms with Gasteiger partial charge in [-0.05, 0) is 69.2 Å². The lowest BCUT2D eigenvalue weighted by Gasteiger charge is -2.34. The van der Waals surface area contributed by atoms with E-state index < -0.39 is 40.2 Å². The van der Waals surface area contributed by atoms with Gasteiger partial charge in [0, 0.05) is 29.6 Å². The molecule has 1 atom stereocenters. The van der Waals surface area contributed by atoms with Crippen molar-refractivity contribution in [2.45, 2.75) is 57.6 Å². The zero-order valence-electron chi connectivity index (χ0n) is 25.7. The number of aryl methyl sites for hydroxylation is 2. The molecule has 0 bridgehead atoms. The first-order valence-electron chi connectivity index (χ1n) is 14.6. The predicted octanol–water partition coefficient (Wildman–Crippen LogP) is 6.46. The summed E-state index contributed by atoms with van der Waals surface area (Å²) < 4.78 is 44.2. The Bertz CT molecular complexity index is 1750. The molecule has 0 aliphatic heterocycles. The normalized spacial score (nSPS) is 12.1. The summed E-state index contributed by atoms with van der Waals surface area (Å²) in [7, 11) is -4.28. The molecule has 0 saturated carbocycles. The molecule has 0 aliphatic carbocycles. The van der Waals surface area contributed by atoms with E-state index >= 15 is 4.39 Å². The number of carbonyl (C=O) groups excluding carboxylic acids is 2. The van der Waals surface area contributed by atoms with Crippen molar-refractivity contribution in [2.24, 2.45) is 0 Å². The van der Waals surface area contributed by atoms with Crippen LogP contribution in [-0.2, 0) is 32.6 Å². The van der Waals surface area contributed by atoms with Gasteiger partial charge in [-0.1, -0.05) is 83.9 Å². The average Bonchev–Trinajstić information content (AvgIpc) is 3.00. The molecule has 0 unspecified atom stereocenters. The van der Waals surface area contributed by atoms with Crippen LogP contribution < -0.4 is 9.62 Å². The molecular weight excluding hydrogens is 613 g/mol. The number of benzene rings is 4. The molecule has 2 amide bonds. The van der Waals surface area contributed by atoms with Crippen LogP contribution in [0, 0.1) is 19.7 Å². The lowest BCUT2D eigenvalue weighted by molar-refractivity contribution is -0.140. The summed E-state index contributed by atoms with van der Waals surface area (Å²) in [5, 5.41) is 3.21. The van der Waals surface area contributed by atoms with Gasteiger partial charge < -0.3 is 10.2 Å². The Morgan fingerprint density at radius 2 is 1.53 bits per heavy atom. The molecule has 0 aliphatic rings. The Morgan fingerprint density at radius 1 is 0.889 bits per heavy atom. The van der Waals surface area contributed by atoms with Gasteiger partial charge in [0.15, 0.2) is 0 Å². The van der Waals surface area contributed by atoms with Gasteiger partial charge in [-0.3, -0.25) is 13.9 Å². The van der Waals surface area contributed by atoms with E-state index in [2.05, 4.69) is 5.32 Å². The number of anilines is 1. The molecule has 236 valence electrons. The molecule has 0 heterocycles. The minimum Gasteiger partial charge on any atom is -0.352 e. The molecule has 4 aromatic carbocycles. The largest absolute Gasteiger partial charge is 0.352 e. The van der Waals surface area contributed by atoms with Gasteiger partial charge in [-0.15, -0.1) is 0 Å². The van der Waals surface area contributed by atoms with Crippen LogP contribution in [0.15, 0.2) is 102 Å². The second-order valence-corrected chi connectivity index (χ2v) is 13.5. The van der Waals surface area contributed by atoms with Gasteiger partial charge in [-0.2, -0.15) is 0 Å². The van der Waals surface area contributed by atoms with E-state index in [1.54, 1.807) is 51.1 Å². The highest BCUT2D eigenvalue weighted by molar-refractivity contribution is 7.92. The molecule has 0 radical (unpaired) electrons. The zero-order valence-corrected chi connectivity index (χ0v) is 27.3. The van der Waals surface area contributed by atoms with Crippen molar-refractivity contribution in [3.63, 3.8) is 0 Å². The number of nitrogens with one attached hydrogen (secondary N) is 1. The van der Waals surface area contributed by atoms with E-state index in [4.69, 9.17) is 11.6 Å². The molecule has 4 aromatic rings. The van der Waals surface area contributed by atoms with Crippen LogP contribution in [0.4, 0.5) is 10.1 Å². The highest BCUT2D eigenvalue weighted by atomic mass is 35.5. The van der Waals surface area contributed by atoms with Gasteiger partial charge >= 0.3 is 0 Å². The third kappa shape index (κ3) is 8.49. The van der Waals surface area contributed by atoms with Crippen LogP contribution in [0.3, 0.4) is 0 Å². The van der Waals surface area contributed by atoms with Crippen LogP contribution in [0.5, 0.6) is 0 Å². The summed E-state index contributed by atoms with van der Waals surface area (Å²) in [4.78, 5) is 29.4. The molecule has 0 spiro atoms. The quantitative estimate of drug-likeness (QED) is 0.191. The lowest BCUT2D eigenvalue weighted by atomic mass is 10.0. The van der Waals surface area contributed by atoms with E-state index in [1.807, 2.05) is 37.3 Å². The fourth-order valence-corrected chi connectivity index (χ4v) is 6.43. The molecule has 7 nitrogen and oxygen atoms in total. The molecule has 0 saturated heterocycles. The molecule has 0 aromatic heterocycles. The van der Waals surface area contributed by atoms with Gasteiger partial charge in [0.1, 0.15) is 18.4 Å². The topological polar surface area (TPSA) is 86.8 Å². The molecule has 0 fully saturated rings. The maximum absolute atomic E-state index is 15.0. The van der Waals surface area contributed by atoms with Gasteiger partial charge in [0.05, 0.1) is 10.6 Å². The summed E-state index contributed by atoms with van der Waals surface area (Å²) in [6.45, 7) is 6.31.